The van der Waals surface area contributed by atoms with Gasteiger partial charge in [0.05, 0.1) is 19.8 Å². The van der Waals surface area contributed by atoms with Crippen LogP contribution in [0.1, 0.15) is 5.56 Å². The first kappa shape index (κ1) is 15.8. The number of phosphoric ester groups is 1. The van der Waals surface area contributed by atoms with Gasteiger partial charge in [-0.2, -0.15) is 0 Å². The topological polar surface area (TPSA) is 44.8 Å². The molecule has 0 amide bonds. The van der Waals surface area contributed by atoms with Crippen LogP contribution in [0.2, 0.25) is 0 Å². The maximum atomic E-state index is 13.0. The van der Waals surface area contributed by atoms with Gasteiger partial charge < -0.3 is 0 Å². The molecule has 0 saturated carbocycles. The zero-order valence-electron chi connectivity index (χ0n) is 10.5. The third-order valence-electron chi connectivity index (χ3n) is 1.98. The molecule has 0 saturated heterocycles. The minimum atomic E-state index is -3.70. The lowest BCUT2D eigenvalue weighted by molar-refractivity contribution is 0.125. The van der Waals surface area contributed by atoms with E-state index in [-0.39, 0.29) is 19.8 Å². The van der Waals surface area contributed by atoms with E-state index in [4.69, 9.17) is 13.6 Å². The third kappa shape index (κ3) is 5.94. The van der Waals surface area contributed by atoms with Crippen molar-refractivity contribution in [1.82, 2.24) is 0 Å². The first-order chi connectivity index (χ1) is 9.09. The van der Waals surface area contributed by atoms with E-state index in [2.05, 4.69) is 13.2 Å². The second kappa shape index (κ2) is 8.02. The molecule has 0 radical (unpaired) electrons. The van der Waals surface area contributed by atoms with Crippen molar-refractivity contribution >= 4 is 7.82 Å². The summed E-state index contributed by atoms with van der Waals surface area (Å²) in [5.74, 6) is -0.394. The summed E-state index contributed by atoms with van der Waals surface area (Å²) >= 11 is 0. The standard InChI is InChI=1S/C13H16FO4P/c1-3-8-16-19(15,17-9-4-2)18-11-12-6-5-7-13(14)10-12/h3-7,10H,1-2,8-9,11H2. The number of hydrogen-bond donors (Lipinski definition) is 0. The lowest BCUT2D eigenvalue weighted by Gasteiger charge is -2.16. The maximum absolute atomic E-state index is 13.0. The van der Waals surface area contributed by atoms with Gasteiger partial charge in [0.15, 0.2) is 0 Å². The van der Waals surface area contributed by atoms with Crippen LogP contribution in [0, 0.1) is 5.82 Å². The van der Waals surface area contributed by atoms with E-state index >= 15 is 0 Å². The van der Waals surface area contributed by atoms with Crippen LogP contribution in [0.25, 0.3) is 0 Å². The average molecular weight is 286 g/mol. The molecular weight excluding hydrogens is 270 g/mol. The van der Waals surface area contributed by atoms with Crippen LogP contribution in [0.15, 0.2) is 49.6 Å². The van der Waals surface area contributed by atoms with E-state index in [1.165, 1.54) is 30.4 Å². The predicted octanol–water partition coefficient (Wildman–Crippen LogP) is 3.86. The Labute approximate surface area is 112 Å². The smallest absolute Gasteiger partial charge is 0.283 e. The molecule has 0 unspecified atom stereocenters. The fraction of sp³-hybridized carbons (Fsp3) is 0.231. The van der Waals surface area contributed by atoms with Gasteiger partial charge in [0.1, 0.15) is 5.82 Å². The lowest BCUT2D eigenvalue weighted by atomic mass is 10.2. The molecule has 0 fully saturated rings. The van der Waals surface area contributed by atoms with E-state index < -0.39 is 13.6 Å². The quantitative estimate of drug-likeness (QED) is 0.511. The second-order valence-corrected chi connectivity index (χ2v) is 5.19. The van der Waals surface area contributed by atoms with E-state index in [9.17, 15) is 8.96 Å². The summed E-state index contributed by atoms with van der Waals surface area (Å²) in [6.45, 7) is 6.86. The molecule has 0 aliphatic carbocycles. The normalized spacial score (nSPS) is 11.2. The van der Waals surface area contributed by atoms with Crippen LogP contribution in [0.4, 0.5) is 4.39 Å². The summed E-state index contributed by atoms with van der Waals surface area (Å²) in [5, 5.41) is 0. The van der Waals surface area contributed by atoms with Gasteiger partial charge >= 0.3 is 7.82 Å². The van der Waals surface area contributed by atoms with E-state index in [0.29, 0.717) is 5.56 Å². The monoisotopic (exact) mass is 286 g/mol. The summed E-state index contributed by atoms with van der Waals surface area (Å²) in [7, 11) is -3.70. The van der Waals surface area contributed by atoms with Crippen LogP contribution in [0.5, 0.6) is 0 Å². The van der Waals surface area contributed by atoms with Crippen molar-refractivity contribution in [2.24, 2.45) is 0 Å². The van der Waals surface area contributed by atoms with Crippen LogP contribution in [-0.4, -0.2) is 13.2 Å². The zero-order valence-corrected chi connectivity index (χ0v) is 11.4. The fourth-order valence-corrected chi connectivity index (χ4v) is 2.29. The van der Waals surface area contributed by atoms with Crippen LogP contribution < -0.4 is 0 Å². The van der Waals surface area contributed by atoms with Gasteiger partial charge in [-0.1, -0.05) is 24.3 Å². The van der Waals surface area contributed by atoms with Crippen molar-refractivity contribution in [3.8, 4) is 0 Å². The summed E-state index contributed by atoms with van der Waals surface area (Å²) in [4.78, 5) is 0. The number of benzene rings is 1. The van der Waals surface area contributed by atoms with Crippen molar-refractivity contribution < 1.29 is 22.5 Å². The fourth-order valence-electron chi connectivity index (χ4n) is 1.18. The Kier molecular flexibility index (Phi) is 6.67. The Morgan fingerprint density at radius 2 is 1.79 bits per heavy atom. The molecule has 0 bridgehead atoms. The molecule has 1 rings (SSSR count). The number of phosphoric acid groups is 1. The van der Waals surface area contributed by atoms with Crippen LogP contribution >= 0.6 is 7.82 Å². The molecule has 19 heavy (non-hydrogen) atoms. The molecule has 104 valence electrons. The van der Waals surface area contributed by atoms with Gasteiger partial charge in [-0.05, 0) is 17.7 Å². The van der Waals surface area contributed by atoms with E-state index in [0.717, 1.165) is 0 Å². The third-order valence-corrected chi connectivity index (χ3v) is 3.36. The molecule has 0 atom stereocenters. The molecule has 0 aliphatic heterocycles. The molecule has 1 aromatic carbocycles. The number of rotatable bonds is 9. The van der Waals surface area contributed by atoms with Crippen molar-refractivity contribution in [2.45, 2.75) is 6.61 Å². The molecule has 0 N–H and O–H groups in total. The summed E-state index contributed by atoms with van der Waals surface area (Å²) < 4.78 is 40.2. The molecule has 0 spiro atoms. The van der Waals surface area contributed by atoms with Gasteiger partial charge in [0.25, 0.3) is 0 Å². The maximum Gasteiger partial charge on any atom is 0.475 e. The van der Waals surface area contributed by atoms with Gasteiger partial charge in [0.2, 0.25) is 0 Å². The Bertz CT molecular complexity index is 459. The van der Waals surface area contributed by atoms with Crippen LogP contribution in [0.3, 0.4) is 0 Å². The highest BCUT2D eigenvalue weighted by atomic mass is 31.2. The van der Waals surface area contributed by atoms with Crippen molar-refractivity contribution in [2.75, 3.05) is 13.2 Å². The Morgan fingerprint density at radius 1 is 1.16 bits per heavy atom. The highest BCUT2D eigenvalue weighted by Crippen LogP contribution is 2.50. The van der Waals surface area contributed by atoms with Gasteiger partial charge in [-0.3, -0.25) is 13.6 Å². The molecule has 0 aromatic heterocycles. The Balaban J connectivity index is 2.63. The molecule has 1 aromatic rings. The average Bonchev–Trinajstić information content (AvgIpc) is 2.41. The largest absolute Gasteiger partial charge is 0.475 e. The van der Waals surface area contributed by atoms with Crippen molar-refractivity contribution in [3.05, 3.63) is 61.0 Å². The number of halogens is 1. The first-order valence-electron chi connectivity index (χ1n) is 5.59. The van der Waals surface area contributed by atoms with E-state index in [1.54, 1.807) is 6.07 Å². The van der Waals surface area contributed by atoms with Crippen molar-refractivity contribution in [3.63, 3.8) is 0 Å². The second-order valence-electron chi connectivity index (χ2n) is 3.52. The van der Waals surface area contributed by atoms with E-state index in [1.807, 2.05) is 0 Å². The Morgan fingerprint density at radius 3 is 2.32 bits per heavy atom. The molecule has 0 aliphatic rings. The zero-order chi connectivity index (χ0) is 14.1. The molecule has 0 heterocycles. The number of hydrogen-bond acceptors (Lipinski definition) is 4. The highest BCUT2D eigenvalue weighted by Gasteiger charge is 2.25. The first-order valence-corrected chi connectivity index (χ1v) is 7.05. The highest BCUT2D eigenvalue weighted by molar-refractivity contribution is 7.48. The van der Waals surface area contributed by atoms with Gasteiger partial charge in [-0.15, -0.1) is 13.2 Å². The molecule has 4 nitrogen and oxygen atoms in total. The summed E-state index contributed by atoms with van der Waals surface area (Å²) in [6, 6.07) is 5.78. The minimum Gasteiger partial charge on any atom is -0.283 e. The summed E-state index contributed by atoms with van der Waals surface area (Å²) in [5.41, 5.74) is 0.532. The van der Waals surface area contributed by atoms with Gasteiger partial charge in [0, 0.05) is 0 Å². The molecular formula is C13H16FO4P. The van der Waals surface area contributed by atoms with Crippen LogP contribution in [-0.2, 0) is 24.7 Å². The van der Waals surface area contributed by atoms with Gasteiger partial charge in [-0.25, -0.2) is 8.96 Å². The predicted molar refractivity (Wildman–Crippen MR) is 71.1 cm³/mol. The molecule has 6 heteroatoms. The summed E-state index contributed by atoms with van der Waals surface area (Å²) in [6.07, 6.45) is 2.85. The van der Waals surface area contributed by atoms with Crippen molar-refractivity contribution in [1.29, 1.82) is 0 Å². The Hall–Kier alpha value is -1.26. The lowest BCUT2D eigenvalue weighted by Crippen LogP contribution is -2.01. The SMILES string of the molecule is C=CCOP(=O)(OCC=C)OCc1cccc(F)c1. The minimum absolute atomic E-state index is 0.0254.